The van der Waals surface area contributed by atoms with E-state index < -0.39 is 0 Å². The molecule has 0 fully saturated rings. The summed E-state index contributed by atoms with van der Waals surface area (Å²) in [6, 6.07) is 24.7. The number of rotatable bonds is 4. The zero-order valence-electron chi connectivity index (χ0n) is 15.5. The van der Waals surface area contributed by atoms with Gasteiger partial charge in [0, 0.05) is 27.3 Å². The molecule has 1 aliphatic rings. The average Bonchev–Trinajstić information content (AvgIpc) is 2.85. The van der Waals surface area contributed by atoms with Gasteiger partial charge in [-0.1, -0.05) is 60.1 Å². The molecule has 1 heterocycles. The number of amides is 2. The lowest BCUT2D eigenvalue weighted by Crippen LogP contribution is -2.38. The van der Waals surface area contributed by atoms with Crippen LogP contribution in [0.15, 0.2) is 83.8 Å². The Labute approximate surface area is 178 Å². The number of benzene rings is 3. The highest BCUT2D eigenvalue weighted by Gasteiger charge is 2.30. The molecule has 2 amide bonds. The number of para-hydroxylation sites is 1. The molecule has 0 aliphatic carbocycles. The molecule has 0 saturated heterocycles. The highest BCUT2D eigenvalue weighted by molar-refractivity contribution is 7.99. The number of anilines is 2. The van der Waals surface area contributed by atoms with E-state index >= 15 is 0 Å². The van der Waals surface area contributed by atoms with Crippen LogP contribution < -0.4 is 10.2 Å². The summed E-state index contributed by atoms with van der Waals surface area (Å²) >= 11 is 7.65. The summed E-state index contributed by atoms with van der Waals surface area (Å²) in [5, 5.41) is 3.37. The molecule has 0 spiro atoms. The maximum atomic E-state index is 13.1. The van der Waals surface area contributed by atoms with Crippen LogP contribution in [0, 0.1) is 0 Å². The van der Waals surface area contributed by atoms with Crippen molar-refractivity contribution in [2.24, 2.45) is 0 Å². The molecule has 6 heteroatoms. The summed E-state index contributed by atoms with van der Waals surface area (Å²) in [5.41, 5.74) is 2.47. The van der Waals surface area contributed by atoms with Crippen LogP contribution in [-0.4, -0.2) is 18.4 Å². The van der Waals surface area contributed by atoms with Crippen molar-refractivity contribution in [1.29, 1.82) is 0 Å². The third-order valence-corrected chi connectivity index (χ3v) is 6.23. The first kappa shape index (κ1) is 19.6. The van der Waals surface area contributed by atoms with Gasteiger partial charge in [0.05, 0.1) is 5.69 Å². The van der Waals surface area contributed by atoms with Crippen molar-refractivity contribution in [2.75, 3.05) is 16.8 Å². The monoisotopic (exact) mass is 422 g/mol. The number of fused-ring (bicyclic) bond motifs is 1. The van der Waals surface area contributed by atoms with Gasteiger partial charge in [0.15, 0.2) is 0 Å². The standard InChI is InChI=1S/C23H19ClN2O2S/c24-17-9-6-10-18(13-17)25-22(27)15-26-19-11-4-5-12-20(19)29-21(14-23(26)28)16-7-2-1-3-8-16/h1-13,21H,14-15H2,(H,25,27)/t21-/m1/s1. The minimum absolute atomic E-state index is 0.00541. The minimum atomic E-state index is -0.265. The Morgan fingerprint density at radius 3 is 2.59 bits per heavy atom. The molecule has 0 bridgehead atoms. The van der Waals surface area contributed by atoms with E-state index in [0.29, 0.717) is 17.1 Å². The van der Waals surface area contributed by atoms with Crippen LogP contribution in [0.3, 0.4) is 0 Å². The molecule has 0 radical (unpaired) electrons. The van der Waals surface area contributed by atoms with Crippen molar-refractivity contribution in [3.05, 3.63) is 89.4 Å². The minimum Gasteiger partial charge on any atom is -0.324 e. The summed E-state index contributed by atoms with van der Waals surface area (Å²) < 4.78 is 0. The molecule has 29 heavy (non-hydrogen) atoms. The SMILES string of the molecule is O=C(CN1C(=O)C[C@H](c2ccccc2)Sc2ccccc21)Nc1cccc(Cl)c1. The van der Waals surface area contributed by atoms with Crippen LogP contribution in [0.1, 0.15) is 17.2 Å². The summed E-state index contributed by atoms with van der Waals surface area (Å²) in [5.74, 6) is -0.337. The molecule has 1 atom stereocenters. The number of halogens is 1. The van der Waals surface area contributed by atoms with Gasteiger partial charge < -0.3 is 10.2 Å². The van der Waals surface area contributed by atoms with Crippen molar-refractivity contribution >= 4 is 46.6 Å². The van der Waals surface area contributed by atoms with Gasteiger partial charge in [-0.2, -0.15) is 0 Å². The second kappa shape index (κ2) is 8.72. The van der Waals surface area contributed by atoms with E-state index in [1.807, 2.05) is 54.6 Å². The van der Waals surface area contributed by atoms with E-state index in [-0.39, 0.29) is 23.6 Å². The Hall–Kier alpha value is -2.76. The van der Waals surface area contributed by atoms with E-state index in [1.54, 1.807) is 40.9 Å². The molecule has 146 valence electrons. The third kappa shape index (κ3) is 4.63. The molecule has 4 rings (SSSR count). The van der Waals surface area contributed by atoms with Gasteiger partial charge in [0.2, 0.25) is 11.8 Å². The van der Waals surface area contributed by atoms with E-state index in [2.05, 4.69) is 5.32 Å². The predicted molar refractivity (Wildman–Crippen MR) is 119 cm³/mol. The maximum Gasteiger partial charge on any atom is 0.244 e. The molecule has 3 aromatic rings. The van der Waals surface area contributed by atoms with Gasteiger partial charge in [0.1, 0.15) is 6.54 Å². The van der Waals surface area contributed by atoms with Crippen molar-refractivity contribution in [2.45, 2.75) is 16.6 Å². The van der Waals surface area contributed by atoms with Gasteiger partial charge in [-0.25, -0.2) is 0 Å². The lowest BCUT2D eigenvalue weighted by molar-refractivity contribution is -0.121. The first-order valence-electron chi connectivity index (χ1n) is 9.26. The van der Waals surface area contributed by atoms with E-state index in [9.17, 15) is 9.59 Å². The highest BCUT2D eigenvalue weighted by atomic mass is 35.5. The van der Waals surface area contributed by atoms with Gasteiger partial charge in [-0.3, -0.25) is 9.59 Å². The zero-order valence-corrected chi connectivity index (χ0v) is 17.1. The highest BCUT2D eigenvalue weighted by Crippen LogP contribution is 2.45. The Morgan fingerprint density at radius 2 is 1.79 bits per heavy atom. The fourth-order valence-corrected chi connectivity index (χ4v) is 4.79. The average molecular weight is 423 g/mol. The first-order chi connectivity index (χ1) is 14.1. The summed E-state index contributed by atoms with van der Waals surface area (Å²) in [4.78, 5) is 28.3. The fraction of sp³-hybridized carbons (Fsp3) is 0.130. The number of nitrogens with one attached hydrogen (secondary N) is 1. The Morgan fingerprint density at radius 1 is 1.03 bits per heavy atom. The second-order valence-corrected chi connectivity index (χ2v) is 8.41. The molecule has 1 N–H and O–H groups in total. The number of thioether (sulfide) groups is 1. The van der Waals surface area contributed by atoms with Crippen LogP contribution >= 0.6 is 23.4 Å². The van der Waals surface area contributed by atoms with Crippen molar-refractivity contribution < 1.29 is 9.59 Å². The summed E-state index contributed by atoms with van der Waals surface area (Å²) in [6.45, 7) is -0.0512. The van der Waals surface area contributed by atoms with Crippen LogP contribution in [0.5, 0.6) is 0 Å². The third-order valence-electron chi connectivity index (χ3n) is 4.67. The van der Waals surface area contributed by atoms with Gasteiger partial charge >= 0.3 is 0 Å². The molecular weight excluding hydrogens is 404 g/mol. The number of hydrogen-bond acceptors (Lipinski definition) is 3. The molecule has 0 saturated carbocycles. The smallest absolute Gasteiger partial charge is 0.244 e. The molecule has 3 aromatic carbocycles. The van der Waals surface area contributed by atoms with E-state index in [4.69, 9.17) is 11.6 Å². The number of carbonyl (C=O) groups is 2. The molecule has 4 nitrogen and oxygen atoms in total. The van der Waals surface area contributed by atoms with Gasteiger partial charge in [-0.15, -0.1) is 11.8 Å². The molecular formula is C23H19ClN2O2S. The van der Waals surface area contributed by atoms with Gasteiger partial charge in [0.25, 0.3) is 0 Å². The van der Waals surface area contributed by atoms with Crippen molar-refractivity contribution in [3.63, 3.8) is 0 Å². The van der Waals surface area contributed by atoms with E-state index in [0.717, 1.165) is 16.1 Å². The molecule has 1 aliphatic heterocycles. The lowest BCUT2D eigenvalue weighted by Gasteiger charge is -2.22. The maximum absolute atomic E-state index is 13.1. The van der Waals surface area contributed by atoms with Crippen LogP contribution in [0.4, 0.5) is 11.4 Å². The van der Waals surface area contributed by atoms with Crippen molar-refractivity contribution in [1.82, 2.24) is 0 Å². The lowest BCUT2D eigenvalue weighted by atomic mass is 10.1. The predicted octanol–water partition coefficient (Wildman–Crippen LogP) is 5.55. The largest absolute Gasteiger partial charge is 0.324 e. The quantitative estimate of drug-likeness (QED) is 0.599. The fourth-order valence-electron chi connectivity index (χ4n) is 3.32. The second-order valence-electron chi connectivity index (χ2n) is 6.73. The Kier molecular flexibility index (Phi) is 5.88. The Bertz CT molecular complexity index is 1040. The summed E-state index contributed by atoms with van der Waals surface area (Å²) in [6.07, 6.45) is 0.327. The zero-order chi connectivity index (χ0) is 20.2. The Balaban J connectivity index is 1.58. The first-order valence-corrected chi connectivity index (χ1v) is 10.5. The van der Waals surface area contributed by atoms with Crippen LogP contribution in [0.25, 0.3) is 0 Å². The number of carbonyl (C=O) groups excluding carboxylic acids is 2. The van der Waals surface area contributed by atoms with Gasteiger partial charge in [-0.05, 0) is 35.9 Å². The number of hydrogen-bond donors (Lipinski definition) is 1. The van der Waals surface area contributed by atoms with Crippen LogP contribution in [-0.2, 0) is 9.59 Å². The number of nitrogens with zero attached hydrogens (tertiary/aromatic N) is 1. The topological polar surface area (TPSA) is 49.4 Å². The molecule has 0 unspecified atom stereocenters. The van der Waals surface area contributed by atoms with Crippen LogP contribution in [0.2, 0.25) is 5.02 Å². The van der Waals surface area contributed by atoms with E-state index in [1.165, 1.54) is 0 Å². The summed E-state index contributed by atoms with van der Waals surface area (Å²) in [7, 11) is 0. The van der Waals surface area contributed by atoms with Crippen molar-refractivity contribution in [3.8, 4) is 0 Å². The molecule has 0 aromatic heterocycles. The normalized spacial score (nSPS) is 16.1.